The maximum atomic E-state index is 11.4. The summed E-state index contributed by atoms with van der Waals surface area (Å²) < 4.78 is 0. The maximum absolute atomic E-state index is 11.4. The van der Waals surface area contributed by atoms with Gasteiger partial charge in [0, 0.05) is 29.8 Å². The zero-order chi connectivity index (χ0) is 16.1. The van der Waals surface area contributed by atoms with Crippen molar-refractivity contribution >= 4 is 24.6 Å². The largest absolute Gasteiger partial charge is 0.313 e. The van der Waals surface area contributed by atoms with Crippen LogP contribution >= 0.6 is 0 Å². The fraction of sp³-hybridized carbons (Fsp3) is 0.438. The first-order valence-corrected chi connectivity index (χ1v) is 7.48. The minimum absolute atomic E-state index is 0.00748. The standard InChI is InChI=1S/C16H20BN3O2/c1-13(22)14-3-5-15(6-4-14)20(12-21)10-16-9-17(11-18)7-8-19(16)2/h3-6,12,16H,7-10H2,1-2H3. The van der Waals surface area contributed by atoms with E-state index in [1.807, 2.05) is 7.05 Å². The summed E-state index contributed by atoms with van der Waals surface area (Å²) in [4.78, 5) is 26.6. The number of amides is 1. The maximum Gasteiger partial charge on any atom is 0.270 e. The molecule has 22 heavy (non-hydrogen) atoms. The first-order chi connectivity index (χ1) is 10.5. The Hall–Kier alpha value is -2.13. The van der Waals surface area contributed by atoms with Gasteiger partial charge in [0.1, 0.15) is 0 Å². The molecule has 1 aromatic rings. The number of carbonyl (C=O) groups is 2. The van der Waals surface area contributed by atoms with Crippen molar-refractivity contribution in [3.63, 3.8) is 0 Å². The lowest BCUT2D eigenvalue weighted by Crippen LogP contribution is -2.48. The number of hydrogen-bond donors (Lipinski definition) is 0. The Labute approximate surface area is 131 Å². The van der Waals surface area contributed by atoms with Gasteiger partial charge in [-0.25, -0.2) is 5.26 Å². The number of rotatable bonds is 5. The molecule has 6 heteroatoms. The van der Waals surface area contributed by atoms with E-state index in [9.17, 15) is 9.59 Å². The first kappa shape index (κ1) is 16.2. The normalized spacial score (nSPS) is 18.6. The molecule has 0 aliphatic carbocycles. The van der Waals surface area contributed by atoms with Crippen LogP contribution in [0.1, 0.15) is 17.3 Å². The molecule has 1 aromatic carbocycles. The second kappa shape index (κ2) is 7.23. The quantitative estimate of drug-likeness (QED) is 0.471. The van der Waals surface area contributed by atoms with E-state index in [1.165, 1.54) is 6.92 Å². The third-order valence-electron chi connectivity index (χ3n) is 4.33. The van der Waals surface area contributed by atoms with Crippen LogP contribution < -0.4 is 4.90 Å². The van der Waals surface area contributed by atoms with Gasteiger partial charge in [-0.05, 0) is 57.4 Å². The van der Waals surface area contributed by atoms with Gasteiger partial charge in [-0.1, -0.05) is 0 Å². The summed E-state index contributed by atoms with van der Waals surface area (Å²) in [5, 5.41) is 9.10. The van der Waals surface area contributed by atoms with Crippen molar-refractivity contribution in [3.8, 4) is 5.97 Å². The molecule has 1 fully saturated rings. The van der Waals surface area contributed by atoms with E-state index in [4.69, 9.17) is 5.26 Å². The number of Topliss-reactive ketones (excluding diaryl/α,β-unsaturated/α-hetero) is 1. The van der Waals surface area contributed by atoms with Gasteiger partial charge in [0.05, 0.1) is 0 Å². The zero-order valence-corrected chi connectivity index (χ0v) is 13.0. The molecule has 114 valence electrons. The van der Waals surface area contributed by atoms with Crippen LogP contribution in [0.5, 0.6) is 0 Å². The Balaban J connectivity index is 2.09. The van der Waals surface area contributed by atoms with E-state index in [0.717, 1.165) is 31.3 Å². The number of carbonyl (C=O) groups excluding carboxylic acids is 2. The van der Waals surface area contributed by atoms with Crippen molar-refractivity contribution in [2.45, 2.75) is 25.6 Å². The van der Waals surface area contributed by atoms with Crippen LogP contribution in [0.4, 0.5) is 5.69 Å². The summed E-state index contributed by atoms with van der Waals surface area (Å²) in [6.45, 7) is 3.01. The third kappa shape index (κ3) is 3.74. The van der Waals surface area contributed by atoms with Gasteiger partial charge in [0.25, 0.3) is 6.71 Å². The van der Waals surface area contributed by atoms with Crippen molar-refractivity contribution in [1.29, 1.82) is 5.26 Å². The molecule has 0 bridgehead atoms. The highest BCUT2D eigenvalue weighted by Gasteiger charge is 2.30. The highest BCUT2D eigenvalue weighted by Crippen LogP contribution is 2.21. The molecule has 0 radical (unpaired) electrons. The van der Waals surface area contributed by atoms with Gasteiger partial charge in [-0.3, -0.25) is 9.59 Å². The van der Waals surface area contributed by atoms with Crippen LogP contribution in [0.25, 0.3) is 0 Å². The van der Waals surface area contributed by atoms with Crippen molar-refractivity contribution in [1.82, 2.24) is 4.90 Å². The number of hydrogen-bond acceptors (Lipinski definition) is 4. The number of benzene rings is 1. The molecule has 0 aromatic heterocycles. The van der Waals surface area contributed by atoms with Gasteiger partial charge >= 0.3 is 0 Å². The molecule has 2 rings (SSSR count). The van der Waals surface area contributed by atoms with Crippen LogP contribution in [-0.2, 0) is 4.79 Å². The molecule has 1 saturated heterocycles. The van der Waals surface area contributed by atoms with Crippen molar-refractivity contribution < 1.29 is 9.59 Å². The van der Waals surface area contributed by atoms with Crippen LogP contribution in [0, 0.1) is 11.2 Å². The summed E-state index contributed by atoms with van der Waals surface area (Å²) in [6.07, 6.45) is 2.48. The number of nitriles is 1. The Morgan fingerprint density at radius 1 is 1.50 bits per heavy atom. The molecule has 1 aliphatic rings. The first-order valence-electron chi connectivity index (χ1n) is 7.48. The predicted octanol–water partition coefficient (Wildman–Crippen LogP) is 1.72. The van der Waals surface area contributed by atoms with Crippen molar-refractivity contribution in [2.75, 3.05) is 25.0 Å². The Bertz CT molecular complexity index is 582. The average Bonchev–Trinajstić information content (AvgIpc) is 2.54. The van der Waals surface area contributed by atoms with Crippen molar-refractivity contribution in [2.24, 2.45) is 0 Å². The summed E-state index contributed by atoms with van der Waals surface area (Å²) in [5.41, 5.74) is 1.40. The average molecular weight is 297 g/mol. The lowest BCUT2D eigenvalue weighted by Gasteiger charge is -2.36. The summed E-state index contributed by atoms with van der Waals surface area (Å²) in [6, 6.07) is 7.22. The smallest absolute Gasteiger partial charge is 0.270 e. The molecule has 1 atom stereocenters. The van der Waals surface area contributed by atoms with E-state index in [0.29, 0.717) is 12.1 Å². The van der Waals surface area contributed by atoms with E-state index in [-0.39, 0.29) is 18.5 Å². The number of nitrogens with zero attached hydrogens (tertiary/aromatic N) is 3. The second-order valence-corrected chi connectivity index (χ2v) is 5.85. The second-order valence-electron chi connectivity index (χ2n) is 5.85. The van der Waals surface area contributed by atoms with Gasteiger partial charge in [-0.2, -0.15) is 0 Å². The molecule has 1 heterocycles. The number of likely N-dealkylation sites (N-methyl/N-ethyl adjacent to an activating group) is 1. The lowest BCUT2D eigenvalue weighted by atomic mass is 9.43. The van der Waals surface area contributed by atoms with Gasteiger partial charge < -0.3 is 9.80 Å². The number of ketones is 1. The molecular weight excluding hydrogens is 277 g/mol. The molecule has 0 spiro atoms. The predicted molar refractivity (Wildman–Crippen MR) is 87.3 cm³/mol. The van der Waals surface area contributed by atoms with Crippen LogP contribution in [-0.4, -0.2) is 50.0 Å². The Morgan fingerprint density at radius 2 is 2.18 bits per heavy atom. The minimum atomic E-state index is 0.00748. The molecule has 0 N–H and O–H groups in total. The molecule has 1 amide bonds. The van der Waals surface area contributed by atoms with Gasteiger partial charge in [-0.15, -0.1) is 0 Å². The lowest BCUT2D eigenvalue weighted by molar-refractivity contribution is -0.107. The molecular formula is C16H20BN3O2. The fourth-order valence-electron chi connectivity index (χ4n) is 2.82. The Kier molecular flexibility index (Phi) is 5.34. The molecule has 5 nitrogen and oxygen atoms in total. The summed E-state index contributed by atoms with van der Waals surface area (Å²) >= 11 is 0. The SMILES string of the molecule is CC(=O)c1ccc(N(C=O)CC2CB(C#N)CCN2C)cc1. The molecule has 1 aliphatic heterocycles. The van der Waals surface area contributed by atoms with Gasteiger partial charge in [0.15, 0.2) is 5.78 Å². The van der Waals surface area contributed by atoms with Crippen LogP contribution in [0.15, 0.2) is 24.3 Å². The van der Waals surface area contributed by atoms with E-state index >= 15 is 0 Å². The Morgan fingerprint density at radius 3 is 2.73 bits per heavy atom. The highest BCUT2D eigenvalue weighted by atomic mass is 16.1. The molecule has 0 saturated carbocycles. The van der Waals surface area contributed by atoms with E-state index in [1.54, 1.807) is 29.2 Å². The third-order valence-corrected chi connectivity index (χ3v) is 4.33. The van der Waals surface area contributed by atoms with E-state index in [2.05, 4.69) is 10.9 Å². The monoisotopic (exact) mass is 297 g/mol. The highest BCUT2D eigenvalue weighted by molar-refractivity contribution is 6.67. The van der Waals surface area contributed by atoms with Crippen LogP contribution in [0.2, 0.25) is 12.6 Å². The van der Waals surface area contributed by atoms with Crippen molar-refractivity contribution in [3.05, 3.63) is 29.8 Å². The molecule has 1 unspecified atom stereocenters. The topological polar surface area (TPSA) is 64.4 Å². The number of anilines is 1. The zero-order valence-electron chi connectivity index (χ0n) is 13.0. The summed E-state index contributed by atoms with van der Waals surface area (Å²) in [5.74, 6) is 2.34. The van der Waals surface area contributed by atoms with Gasteiger partial charge in [0.2, 0.25) is 6.41 Å². The fourth-order valence-corrected chi connectivity index (χ4v) is 2.82. The van der Waals surface area contributed by atoms with Crippen LogP contribution in [0.3, 0.4) is 0 Å². The van der Waals surface area contributed by atoms with E-state index < -0.39 is 0 Å². The minimum Gasteiger partial charge on any atom is -0.313 e. The summed E-state index contributed by atoms with van der Waals surface area (Å²) in [7, 11) is 2.03.